The van der Waals surface area contributed by atoms with Gasteiger partial charge in [-0.1, -0.05) is 39.7 Å². The van der Waals surface area contributed by atoms with Gasteiger partial charge in [0.1, 0.15) is 5.84 Å². The normalized spacial score (nSPS) is 16.2. The van der Waals surface area contributed by atoms with Gasteiger partial charge >= 0.3 is 0 Å². The SMILES string of the molecule is C=CC(CC(CC)N(C(C)=N)C(=N)C(C)C)N(C)CCC(NC(=O)C1CCCC1)c1ccc(C(=O)NC)s1. The van der Waals surface area contributed by atoms with Crippen LogP contribution in [0.15, 0.2) is 24.8 Å². The molecule has 3 atom stereocenters. The van der Waals surface area contributed by atoms with Crippen molar-refractivity contribution in [3.63, 3.8) is 0 Å². The molecule has 1 fully saturated rings. The number of nitrogens with zero attached hydrogens (tertiary/aromatic N) is 2. The maximum atomic E-state index is 13.0. The molecule has 0 saturated heterocycles. The van der Waals surface area contributed by atoms with Gasteiger partial charge in [0, 0.05) is 42.4 Å². The van der Waals surface area contributed by atoms with Crippen molar-refractivity contribution in [1.82, 2.24) is 20.4 Å². The molecule has 1 aliphatic rings. The van der Waals surface area contributed by atoms with E-state index >= 15 is 0 Å². The number of carbonyl (C=O) groups is 2. The van der Waals surface area contributed by atoms with Crippen LogP contribution in [0.1, 0.15) is 93.2 Å². The van der Waals surface area contributed by atoms with Crippen molar-refractivity contribution >= 4 is 34.8 Å². The molecule has 4 N–H and O–H groups in total. The highest BCUT2D eigenvalue weighted by Crippen LogP contribution is 2.30. The molecule has 2 amide bonds. The highest BCUT2D eigenvalue weighted by molar-refractivity contribution is 7.14. The number of hydrogen-bond donors (Lipinski definition) is 4. The molecule has 0 aromatic carbocycles. The molecule has 9 heteroatoms. The molecule has 2 rings (SSSR count). The van der Waals surface area contributed by atoms with E-state index in [9.17, 15) is 9.59 Å². The Hall–Kier alpha value is -2.52. The van der Waals surface area contributed by atoms with Gasteiger partial charge in [0.05, 0.1) is 16.8 Å². The second-order valence-electron chi connectivity index (χ2n) is 10.7. The van der Waals surface area contributed by atoms with Crippen LogP contribution in [-0.2, 0) is 4.79 Å². The van der Waals surface area contributed by atoms with Crippen LogP contribution < -0.4 is 10.6 Å². The summed E-state index contributed by atoms with van der Waals surface area (Å²) < 4.78 is 0. The molecule has 1 aromatic heterocycles. The molecule has 0 bridgehead atoms. The van der Waals surface area contributed by atoms with Gasteiger partial charge in [-0.05, 0) is 58.2 Å². The summed E-state index contributed by atoms with van der Waals surface area (Å²) in [5.74, 6) is 0.968. The van der Waals surface area contributed by atoms with E-state index in [0.29, 0.717) is 23.0 Å². The standard InChI is InChI=1S/C29H48N6O2S/c1-8-22(18-23(9-2)35(20(5)30)27(31)19(3)4)34(7)17-16-24(33-28(36)21-12-10-11-13-21)25-14-15-26(38-25)29(37)32-6/h8,14-15,19,21-24,30-31H,1,9-13,16-18H2,2-7H3,(H,32,37)(H,33,36). The van der Waals surface area contributed by atoms with Crippen molar-refractivity contribution in [2.45, 2.75) is 90.8 Å². The van der Waals surface area contributed by atoms with Gasteiger partial charge in [-0.15, -0.1) is 17.9 Å². The largest absolute Gasteiger partial charge is 0.354 e. The van der Waals surface area contributed by atoms with Crippen molar-refractivity contribution in [1.29, 1.82) is 10.8 Å². The summed E-state index contributed by atoms with van der Waals surface area (Å²) >= 11 is 1.43. The summed E-state index contributed by atoms with van der Waals surface area (Å²) in [5.41, 5.74) is 0. The number of thiophene rings is 1. The first-order valence-electron chi connectivity index (χ1n) is 13.9. The lowest BCUT2D eigenvalue weighted by atomic mass is 9.99. The first-order valence-corrected chi connectivity index (χ1v) is 14.7. The maximum Gasteiger partial charge on any atom is 0.261 e. The molecule has 1 aromatic rings. The van der Waals surface area contributed by atoms with Gasteiger partial charge in [-0.3, -0.25) is 25.3 Å². The van der Waals surface area contributed by atoms with Crippen LogP contribution in [-0.4, -0.2) is 66.0 Å². The molecule has 0 radical (unpaired) electrons. The van der Waals surface area contributed by atoms with Gasteiger partial charge in [0.25, 0.3) is 5.91 Å². The van der Waals surface area contributed by atoms with Crippen molar-refractivity contribution in [3.8, 4) is 0 Å². The highest BCUT2D eigenvalue weighted by Gasteiger charge is 2.29. The lowest BCUT2D eigenvalue weighted by molar-refractivity contribution is -0.125. The molecular weight excluding hydrogens is 496 g/mol. The van der Waals surface area contributed by atoms with Crippen molar-refractivity contribution in [2.24, 2.45) is 11.8 Å². The minimum Gasteiger partial charge on any atom is -0.354 e. The minimum atomic E-state index is -0.171. The summed E-state index contributed by atoms with van der Waals surface area (Å²) in [5, 5.41) is 22.8. The van der Waals surface area contributed by atoms with E-state index in [1.165, 1.54) is 11.3 Å². The van der Waals surface area contributed by atoms with Crippen molar-refractivity contribution in [2.75, 3.05) is 20.6 Å². The predicted octanol–water partition coefficient (Wildman–Crippen LogP) is 5.43. The molecule has 212 valence electrons. The zero-order valence-corrected chi connectivity index (χ0v) is 24.9. The van der Waals surface area contributed by atoms with Gasteiger partial charge in [0.2, 0.25) is 5.91 Å². The Morgan fingerprint density at radius 1 is 1.24 bits per heavy atom. The second kappa shape index (κ2) is 15.2. The zero-order chi connectivity index (χ0) is 28.4. The number of amidine groups is 2. The number of hydrogen-bond acceptors (Lipinski definition) is 6. The number of likely N-dealkylation sites (N-methyl/N-ethyl adjacent to an activating group) is 1. The zero-order valence-electron chi connectivity index (χ0n) is 24.1. The fourth-order valence-corrected chi connectivity index (χ4v) is 6.21. The molecule has 0 aliphatic heterocycles. The third-order valence-electron chi connectivity index (χ3n) is 7.59. The average Bonchev–Trinajstić information content (AvgIpc) is 3.60. The summed E-state index contributed by atoms with van der Waals surface area (Å²) in [6.45, 7) is 12.6. The monoisotopic (exact) mass is 544 g/mol. The number of nitrogens with one attached hydrogen (secondary N) is 4. The van der Waals surface area contributed by atoms with E-state index in [1.807, 2.05) is 37.0 Å². The van der Waals surface area contributed by atoms with Gasteiger partial charge in [0.15, 0.2) is 0 Å². The third-order valence-corrected chi connectivity index (χ3v) is 8.79. The quantitative estimate of drug-likeness (QED) is 0.142. The summed E-state index contributed by atoms with van der Waals surface area (Å²) in [6, 6.07) is 3.69. The van der Waals surface area contributed by atoms with Gasteiger partial charge in [-0.25, -0.2) is 0 Å². The van der Waals surface area contributed by atoms with Gasteiger partial charge in [-0.2, -0.15) is 0 Å². The fourth-order valence-electron chi connectivity index (χ4n) is 5.17. The second-order valence-corrected chi connectivity index (χ2v) is 11.8. The van der Waals surface area contributed by atoms with Crippen molar-refractivity contribution in [3.05, 3.63) is 34.5 Å². The van der Waals surface area contributed by atoms with E-state index in [-0.39, 0.29) is 41.8 Å². The van der Waals surface area contributed by atoms with E-state index in [1.54, 1.807) is 14.0 Å². The molecule has 8 nitrogen and oxygen atoms in total. The van der Waals surface area contributed by atoms with Gasteiger partial charge < -0.3 is 15.5 Å². The Morgan fingerprint density at radius 3 is 2.42 bits per heavy atom. The van der Waals surface area contributed by atoms with Crippen LogP contribution in [0.3, 0.4) is 0 Å². The van der Waals surface area contributed by atoms with Crippen LogP contribution in [0.5, 0.6) is 0 Å². The minimum absolute atomic E-state index is 0.0260. The molecule has 1 saturated carbocycles. The Balaban J connectivity index is 2.16. The first-order chi connectivity index (χ1) is 18.0. The maximum absolute atomic E-state index is 13.0. The lowest BCUT2D eigenvalue weighted by Crippen LogP contribution is -2.47. The highest BCUT2D eigenvalue weighted by atomic mass is 32.1. The van der Waals surface area contributed by atoms with Crippen LogP contribution in [0, 0.1) is 22.7 Å². The fraction of sp³-hybridized carbons (Fsp3) is 0.655. The van der Waals surface area contributed by atoms with Crippen molar-refractivity contribution < 1.29 is 9.59 Å². The molecule has 3 unspecified atom stereocenters. The topological polar surface area (TPSA) is 112 Å². The smallest absolute Gasteiger partial charge is 0.261 e. The number of carbonyl (C=O) groups excluding carboxylic acids is 2. The summed E-state index contributed by atoms with van der Waals surface area (Å²) in [7, 11) is 3.69. The first kappa shape index (κ1) is 31.7. The summed E-state index contributed by atoms with van der Waals surface area (Å²) in [4.78, 5) is 30.9. The predicted molar refractivity (Wildman–Crippen MR) is 158 cm³/mol. The van der Waals surface area contributed by atoms with Crippen LogP contribution in [0.4, 0.5) is 0 Å². The number of rotatable bonds is 14. The van der Waals surface area contributed by atoms with E-state index in [2.05, 4.69) is 36.1 Å². The third kappa shape index (κ3) is 8.50. The summed E-state index contributed by atoms with van der Waals surface area (Å²) in [6.07, 6.45) is 8.31. The molecular formula is C29H48N6O2S. The van der Waals surface area contributed by atoms with Crippen LogP contribution in [0.25, 0.3) is 0 Å². The molecule has 38 heavy (non-hydrogen) atoms. The van der Waals surface area contributed by atoms with Crippen LogP contribution in [0.2, 0.25) is 0 Å². The lowest BCUT2D eigenvalue weighted by Gasteiger charge is -2.37. The van der Waals surface area contributed by atoms with E-state index < -0.39 is 0 Å². The Morgan fingerprint density at radius 2 is 1.89 bits per heavy atom. The number of amides is 2. The van der Waals surface area contributed by atoms with E-state index in [4.69, 9.17) is 10.8 Å². The Labute approximate surface area is 233 Å². The van der Waals surface area contributed by atoms with Crippen LogP contribution >= 0.6 is 11.3 Å². The van der Waals surface area contributed by atoms with E-state index in [0.717, 1.165) is 49.9 Å². The Kier molecular flexibility index (Phi) is 12.7. The molecule has 1 aliphatic carbocycles. The molecule has 0 spiro atoms. The molecule has 1 heterocycles. The Bertz CT molecular complexity index is 968. The average molecular weight is 545 g/mol.